The quantitative estimate of drug-likeness (QED) is 0.352. The molecule has 3 atom stereocenters. The Hall–Kier alpha value is -3.11. The maximum Gasteiger partial charge on any atom is 0.251 e. The zero-order valence-corrected chi connectivity index (χ0v) is 24.4. The van der Waals surface area contributed by atoms with Crippen LogP contribution in [0.3, 0.4) is 0 Å². The molecule has 1 saturated heterocycles. The number of nitrogens with one attached hydrogen (secondary N) is 2. The topological polar surface area (TPSA) is 81.8 Å². The highest BCUT2D eigenvalue weighted by atomic mass is 16.2. The molecule has 0 spiro atoms. The van der Waals surface area contributed by atoms with E-state index in [1.165, 1.54) is 0 Å². The summed E-state index contributed by atoms with van der Waals surface area (Å²) in [6.45, 7) is 14.8. The van der Waals surface area contributed by atoms with Crippen LogP contribution in [-0.2, 0) is 14.4 Å². The van der Waals surface area contributed by atoms with Crippen molar-refractivity contribution in [3.05, 3.63) is 41.5 Å². The first-order chi connectivity index (χ1) is 17.9. The van der Waals surface area contributed by atoms with Crippen LogP contribution in [0.1, 0.15) is 73.3 Å². The van der Waals surface area contributed by atoms with Gasteiger partial charge in [-0.25, -0.2) is 0 Å². The molecule has 3 amide bonds. The second kappa shape index (κ2) is 14.2. The van der Waals surface area contributed by atoms with E-state index in [-0.39, 0.29) is 47.7 Å². The zero-order chi connectivity index (χ0) is 28.6. The van der Waals surface area contributed by atoms with Gasteiger partial charge in [0.1, 0.15) is 6.04 Å². The van der Waals surface area contributed by atoms with Crippen molar-refractivity contribution in [2.45, 2.75) is 91.9 Å². The number of hydrogen-bond donors (Lipinski definition) is 2. The van der Waals surface area contributed by atoms with Crippen molar-refractivity contribution >= 4 is 23.4 Å². The predicted molar refractivity (Wildman–Crippen MR) is 154 cm³/mol. The van der Waals surface area contributed by atoms with Gasteiger partial charge in [0.2, 0.25) is 11.8 Å². The Kier molecular flexibility index (Phi) is 11.6. The molecule has 1 aliphatic rings. The minimum Gasteiger partial charge on any atom is -0.343 e. The predicted octanol–water partition coefficient (Wildman–Crippen LogP) is 4.44. The zero-order valence-electron chi connectivity index (χ0n) is 24.4. The lowest BCUT2D eigenvalue weighted by Crippen LogP contribution is -2.58. The number of benzene rings is 1. The molecule has 0 bridgehead atoms. The Labute approximate surface area is 229 Å². The second-order valence-electron chi connectivity index (χ2n) is 11.3. The van der Waals surface area contributed by atoms with E-state index in [1.54, 1.807) is 43.1 Å². The summed E-state index contributed by atoms with van der Waals surface area (Å²) in [4.78, 5) is 43.8. The van der Waals surface area contributed by atoms with E-state index < -0.39 is 6.04 Å². The van der Waals surface area contributed by atoms with Gasteiger partial charge in [-0.15, -0.1) is 6.42 Å². The number of amides is 3. The molecule has 1 aromatic carbocycles. The number of carbonyl (C=O) groups is 3. The molecular formula is C31H46N4O3. The number of rotatable bonds is 10. The highest BCUT2D eigenvalue weighted by Gasteiger charge is 2.36. The van der Waals surface area contributed by atoms with E-state index in [1.807, 2.05) is 33.8 Å². The van der Waals surface area contributed by atoms with E-state index in [0.717, 1.165) is 31.4 Å². The molecule has 0 radical (unpaired) electrons. The summed E-state index contributed by atoms with van der Waals surface area (Å²) in [5, 5.41) is 5.96. The van der Waals surface area contributed by atoms with E-state index in [0.29, 0.717) is 11.3 Å². The summed E-state index contributed by atoms with van der Waals surface area (Å²) in [5.74, 6) is 2.04. The van der Waals surface area contributed by atoms with Crippen molar-refractivity contribution in [3.63, 3.8) is 0 Å². The maximum absolute atomic E-state index is 13.7. The van der Waals surface area contributed by atoms with Crippen LogP contribution in [0, 0.1) is 24.2 Å². The minimum absolute atomic E-state index is 0.0555. The molecule has 7 heteroatoms. The summed E-state index contributed by atoms with van der Waals surface area (Å²) in [6, 6.07) is 6.14. The highest BCUT2D eigenvalue weighted by Crippen LogP contribution is 2.22. The van der Waals surface area contributed by atoms with Gasteiger partial charge in [-0.05, 0) is 76.3 Å². The lowest BCUT2D eigenvalue weighted by molar-refractivity contribution is -0.140. The largest absolute Gasteiger partial charge is 0.343 e. The summed E-state index contributed by atoms with van der Waals surface area (Å²) in [7, 11) is 1.75. The molecule has 38 heavy (non-hydrogen) atoms. The van der Waals surface area contributed by atoms with Crippen molar-refractivity contribution in [2.75, 3.05) is 18.9 Å². The Morgan fingerprint density at radius 3 is 2.21 bits per heavy atom. The Bertz CT molecular complexity index is 1040. The molecule has 0 aliphatic carbocycles. The first kappa shape index (κ1) is 31.1. The number of nitrogens with zero attached hydrogens (tertiary/aromatic N) is 2. The molecular weight excluding hydrogens is 476 g/mol. The highest BCUT2D eigenvalue weighted by molar-refractivity contribution is 6.03. The average molecular weight is 523 g/mol. The van der Waals surface area contributed by atoms with Crippen LogP contribution in [0.5, 0.6) is 0 Å². The fraction of sp³-hybridized carbons (Fsp3) is 0.581. The number of hydrogen-bond acceptors (Lipinski definition) is 4. The third-order valence-electron chi connectivity index (χ3n) is 7.31. The summed E-state index contributed by atoms with van der Waals surface area (Å²) in [6.07, 6.45) is 10.1. The van der Waals surface area contributed by atoms with Gasteiger partial charge in [-0.3, -0.25) is 19.3 Å². The summed E-state index contributed by atoms with van der Waals surface area (Å²) in [5.41, 5.74) is 1.89. The van der Waals surface area contributed by atoms with Crippen LogP contribution in [0.15, 0.2) is 35.9 Å². The first-order valence-electron chi connectivity index (χ1n) is 13.8. The van der Waals surface area contributed by atoms with Crippen molar-refractivity contribution in [1.82, 2.24) is 15.1 Å². The molecule has 1 aliphatic heterocycles. The molecule has 0 aromatic heterocycles. The third kappa shape index (κ3) is 8.19. The van der Waals surface area contributed by atoms with Crippen LogP contribution in [0.25, 0.3) is 0 Å². The molecule has 2 unspecified atom stereocenters. The van der Waals surface area contributed by atoms with Gasteiger partial charge < -0.3 is 15.5 Å². The first-order valence-corrected chi connectivity index (χ1v) is 13.8. The fourth-order valence-electron chi connectivity index (χ4n) is 4.95. The SMILES string of the molecule is C#Cc1ccc(NC(=O)/C(C)=C/[C@H](C(C)C)N(C)C(=O)C(NC(=O)C2CCCCN2C(C)C)C(C)C)cc1. The van der Waals surface area contributed by atoms with Gasteiger partial charge in [0, 0.05) is 29.9 Å². The van der Waals surface area contributed by atoms with Crippen molar-refractivity contribution in [2.24, 2.45) is 11.8 Å². The molecule has 7 nitrogen and oxygen atoms in total. The number of terminal acetylenes is 1. The van der Waals surface area contributed by atoms with Crippen LogP contribution in [0.2, 0.25) is 0 Å². The monoisotopic (exact) mass is 522 g/mol. The number of likely N-dealkylation sites (tertiary alicyclic amines) is 1. The average Bonchev–Trinajstić information content (AvgIpc) is 2.89. The molecule has 1 aromatic rings. The molecule has 2 N–H and O–H groups in total. The van der Waals surface area contributed by atoms with Gasteiger partial charge in [-0.2, -0.15) is 0 Å². The third-order valence-corrected chi connectivity index (χ3v) is 7.31. The Morgan fingerprint density at radius 2 is 1.68 bits per heavy atom. The smallest absolute Gasteiger partial charge is 0.251 e. The lowest BCUT2D eigenvalue weighted by atomic mass is 9.95. The van der Waals surface area contributed by atoms with Gasteiger partial charge in [0.25, 0.3) is 5.91 Å². The van der Waals surface area contributed by atoms with E-state index in [9.17, 15) is 14.4 Å². The number of carbonyl (C=O) groups excluding carboxylic acids is 3. The number of likely N-dealkylation sites (N-methyl/N-ethyl adjacent to an activating group) is 1. The summed E-state index contributed by atoms with van der Waals surface area (Å²) < 4.78 is 0. The molecule has 0 saturated carbocycles. The van der Waals surface area contributed by atoms with Crippen molar-refractivity contribution < 1.29 is 14.4 Å². The molecule has 1 heterocycles. The minimum atomic E-state index is -0.651. The summed E-state index contributed by atoms with van der Waals surface area (Å²) >= 11 is 0. The second-order valence-corrected chi connectivity index (χ2v) is 11.3. The maximum atomic E-state index is 13.7. The van der Waals surface area contributed by atoms with Gasteiger partial charge >= 0.3 is 0 Å². The van der Waals surface area contributed by atoms with Gasteiger partial charge in [0.15, 0.2) is 0 Å². The van der Waals surface area contributed by atoms with E-state index >= 15 is 0 Å². The normalized spacial score (nSPS) is 18.2. The van der Waals surface area contributed by atoms with E-state index in [4.69, 9.17) is 6.42 Å². The van der Waals surface area contributed by atoms with Gasteiger partial charge in [-0.1, -0.05) is 46.1 Å². The molecule has 208 valence electrons. The molecule has 2 rings (SSSR count). The molecule has 1 fully saturated rings. The number of piperidine rings is 1. The lowest BCUT2D eigenvalue weighted by Gasteiger charge is -2.39. The van der Waals surface area contributed by atoms with Crippen molar-refractivity contribution in [1.29, 1.82) is 0 Å². The standard InChI is InChI=1S/C31H46N4O3/c1-10-24-14-16-25(17-15-24)32-29(36)23(8)19-27(20(2)3)34(9)31(38)28(21(4)5)33-30(37)26-13-11-12-18-35(26)22(6)7/h1,14-17,19-22,26-28H,11-13,18H2,2-9H3,(H,32,36)(H,33,37)/b23-19+/t26?,27-,28?/m1/s1. The van der Waals surface area contributed by atoms with E-state index in [2.05, 4.69) is 35.3 Å². The number of anilines is 1. The Morgan fingerprint density at radius 1 is 1.05 bits per heavy atom. The van der Waals surface area contributed by atoms with Crippen LogP contribution < -0.4 is 10.6 Å². The van der Waals surface area contributed by atoms with Crippen LogP contribution in [0.4, 0.5) is 5.69 Å². The Balaban J connectivity index is 2.18. The van der Waals surface area contributed by atoms with Crippen LogP contribution in [-0.4, -0.2) is 65.3 Å². The fourth-order valence-corrected chi connectivity index (χ4v) is 4.95. The van der Waals surface area contributed by atoms with Crippen LogP contribution >= 0.6 is 0 Å². The van der Waals surface area contributed by atoms with Gasteiger partial charge in [0.05, 0.1) is 12.1 Å². The van der Waals surface area contributed by atoms with Crippen molar-refractivity contribution in [3.8, 4) is 12.3 Å².